The molecule has 0 spiro atoms. The molecule has 0 aliphatic carbocycles. The summed E-state index contributed by atoms with van der Waals surface area (Å²) in [5, 5.41) is 13.1. The predicted octanol–water partition coefficient (Wildman–Crippen LogP) is 3.76. The zero-order valence-corrected chi connectivity index (χ0v) is 13.1. The number of hydrogen-bond acceptors (Lipinski definition) is 3. The topological polar surface area (TPSA) is 58.1 Å². The normalized spacial score (nSPS) is 14.1. The van der Waals surface area contributed by atoms with Crippen LogP contribution in [0.2, 0.25) is 0 Å². The largest absolute Gasteiger partial charge is 0.463 e. The van der Waals surface area contributed by atoms with Gasteiger partial charge in [-0.05, 0) is 40.5 Å². The molecule has 3 aromatic rings. The SMILES string of the molecule is CC(C)C(O)(c1ccc2cc(OCF)ccc2c1)c1c[nH]cn1. The molecule has 0 bridgehead atoms. The van der Waals surface area contributed by atoms with Crippen molar-refractivity contribution in [3.05, 3.63) is 60.2 Å². The number of hydrogen-bond donors (Lipinski definition) is 2. The van der Waals surface area contributed by atoms with Gasteiger partial charge < -0.3 is 14.8 Å². The van der Waals surface area contributed by atoms with E-state index in [2.05, 4.69) is 9.97 Å². The van der Waals surface area contributed by atoms with Crippen molar-refractivity contribution in [2.24, 2.45) is 5.92 Å². The average molecular weight is 314 g/mol. The molecule has 0 amide bonds. The first-order chi connectivity index (χ1) is 11.1. The molecule has 2 N–H and O–H groups in total. The Morgan fingerprint density at radius 2 is 1.96 bits per heavy atom. The first kappa shape index (κ1) is 15.5. The summed E-state index contributed by atoms with van der Waals surface area (Å²) in [6.45, 7) is 3.06. The number of ether oxygens (including phenoxy) is 1. The molecule has 1 unspecified atom stereocenters. The smallest absolute Gasteiger partial charge is 0.228 e. The Hall–Kier alpha value is -2.40. The van der Waals surface area contributed by atoms with Crippen LogP contribution < -0.4 is 4.74 Å². The maximum atomic E-state index is 12.3. The number of alkyl halides is 1. The molecule has 120 valence electrons. The van der Waals surface area contributed by atoms with E-state index in [9.17, 15) is 9.50 Å². The van der Waals surface area contributed by atoms with Crippen molar-refractivity contribution in [2.75, 3.05) is 6.86 Å². The van der Waals surface area contributed by atoms with Gasteiger partial charge in [-0.25, -0.2) is 9.37 Å². The molecule has 0 radical (unpaired) electrons. The van der Waals surface area contributed by atoms with Crippen molar-refractivity contribution in [2.45, 2.75) is 19.4 Å². The van der Waals surface area contributed by atoms with E-state index in [4.69, 9.17) is 4.74 Å². The van der Waals surface area contributed by atoms with E-state index in [1.165, 1.54) is 0 Å². The minimum atomic E-state index is -1.18. The Bertz CT molecular complexity index is 802. The van der Waals surface area contributed by atoms with E-state index in [0.717, 1.165) is 16.3 Å². The number of rotatable bonds is 5. The number of fused-ring (bicyclic) bond motifs is 1. The number of imidazole rings is 1. The zero-order valence-electron chi connectivity index (χ0n) is 13.1. The van der Waals surface area contributed by atoms with Crippen LogP contribution in [0, 0.1) is 5.92 Å². The zero-order chi connectivity index (χ0) is 16.4. The van der Waals surface area contributed by atoms with Gasteiger partial charge in [-0.15, -0.1) is 0 Å². The van der Waals surface area contributed by atoms with E-state index < -0.39 is 12.5 Å². The van der Waals surface area contributed by atoms with Crippen molar-refractivity contribution in [3.63, 3.8) is 0 Å². The first-order valence-electron chi connectivity index (χ1n) is 7.50. The molecule has 3 rings (SSSR count). The van der Waals surface area contributed by atoms with Gasteiger partial charge in [0.25, 0.3) is 0 Å². The summed E-state index contributed by atoms with van der Waals surface area (Å²) < 4.78 is 17.2. The summed E-state index contributed by atoms with van der Waals surface area (Å²) in [5.41, 5.74) is 0.179. The standard InChI is InChI=1S/C18H19FN2O2/c1-12(2)18(22,17-9-20-11-21-17)15-5-3-14-8-16(23-10-19)6-4-13(14)7-15/h3-9,11-12,22H,10H2,1-2H3,(H,20,21). The van der Waals surface area contributed by atoms with Gasteiger partial charge in [-0.2, -0.15) is 0 Å². The number of aromatic nitrogens is 2. The third-order valence-corrected chi connectivity index (χ3v) is 4.20. The predicted molar refractivity (Wildman–Crippen MR) is 87.0 cm³/mol. The molecule has 23 heavy (non-hydrogen) atoms. The number of nitrogens with one attached hydrogen (secondary N) is 1. The van der Waals surface area contributed by atoms with Gasteiger partial charge in [0.15, 0.2) is 0 Å². The minimum absolute atomic E-state index is 0.0580. The summed E-state index contributed by atoms with van der Waals surface area (Å²) in [4.78, 5) is 7.13. The van der Waals surface area contributed by atoms with Crippen LogP contribution in [0.3, 0.4) is 0 Å². The van der Waals surface area contributed by atoms with Gasteiger partial charge in [-0.1, -0.05) is 32.0 Å². The molecule has 0 saturated carbocycles. The average Bonchev–Trinajstić information content (AvgIpc) is 3.08. The summed E-state index contributed by atoms with van der Waals surface area (Å²) in [6, 6.07) is 11.1. The maximum absolute atomic E-state index is 12.3. The van der Waals surface area contributed by atoms with Crippen LogP contribution in [-0.2, 0) is 5.60 Å². The fourth-order valence-electron chi connectivity index (χ4n) is 2.86. The van der Waals surface area contributed by atoms with E-state index in [-0.39, 0.29) is 5.92 Å². The second-order valence-corrected chi connectivity index (χ2v) is 5.85. The second kappa shape index (κ2) is 6.01. The molecular weight excluding hydrogens is 295 g/mol. The van der Waals surface area contributed by atoms with Crippen molar-refractivity contribution in [1.82, 2.24) is 9.97 Å². The Balaban J connectivity index is 2.10. The molecule has 0 fully saturated rings. The maximum Gasteiger partial charge on any atom is 0.228 e. The van der Waals surface area contributed by atoms with Crippen LogP contribution in [0.5, 0.6) is 5.75 Å². The fraction of sp³-hybridized carbons (Fsp3) is 0.278. The number of halogens is 1. The number of benzene rings is 2. The Morgan fingerprint density at radius 1 is 1.22 bits per heavy atom. The fourth-order valence-corrected chi connectivity index (χ4v) is 2.86. The van der Waals surface area contributed by atoms with Crippen molar-refractivity contribution in [3.8, 4) is 5.75 Å². The highest BCUT2D eigenvalue weighted by Crippen LogP contribution is 2.37. The minimum Gasteiger partial charge on any atom is -0.463 e. The lowest BCUT2D eigenvalue weighted by atomic mass is 9.80. The molecule has 0 aliphatic rings. The lowest BCUT2D eigenvalue weighted by Gasteiger charge is -2.31. The molecule has 1 aromatic heterocycles. The Labute approximate surface area is 133 Å². The van der Waals surface area contributed by atoms with Crippen LogP contribution in [0.4, 0.5) is 4.39 Å². The van der Waals surface area contributed by atoms with Crippen LogP contribution in [0.15, 0.2) is 48.9 Å². The second-order valence-electron chi connectivity index (χ2n) is 5.85. The van der Waals surface area contributed by atoms with E-state index >= 15 is 0 Å². The molecule has 0 saturated heterocycles. The lowest BCUT2D eigenvalue weighted by molar-refractivity contribution is 0.0281. The highest BCUT2D eigenvalue weighted by atomic mass is 19.1. The van der Waals surface area contributed by atoms with E-state index in [1.807, 2.05) is 38.1 Å². The summed E-state index contributed by atoms with van der Waals surface area (Å²) >= 11 is 0. The third kappa shape index (κ3) is 2.68. The summed E-state index contributed by atoms with van der Waals surface area (Å²) in [6.07, 6.45) is 3.27. The number of aliphatic hydroxyl groups is 1. The molecular formula is C18H19FN2O2. The first-order valence-corrected chi connectivity index (χ1v) is 7.50. The van der Waals surface area contributed by atoms with E-state index in [0.29, 0.717) is 11.4 Å². The van der Waals surface area contributed by atoms with Crippen molar-refractivity contribution >= 4 is 10.8 Å². The quantitative estimate of drug-likeness (QED) is 0.754. The van der Waals surface area contributed by atoms with Gasteiger partial charge in [0.1, 0.15) is 11.4 Å². The van der Waals surface area contributed by atoms with Crippen LogP contribution >= 0.6 is 0 Å². The van der Waals surface area contributed by atoms with Crippen LogP contribution in [0.1, 0.15) is 25.1 Å². The molecule has 1 heterocycles. The number of H-pyrrole nitrogens is 1. The molecule has 1 atom stereocenters. The Kier molecular flexibility index (Phi) is 4.05. The summed E-state index contributed by atoms with van der Waals surface area (Å²) in [7, 11) is 0. The lowest BCUT2D eigenvalue weighted by Crippen LogP contribution is -2.33. The Morgan fingerprint density at radius 3 is 2.61 bits per heavy atom. The van der Waals surface area contributed by atoms with Gasteiger partial charge in [0.05, 0.1) is 12.0 Å². The monoisotopic (exact) mass is 314 g/mol. The highest BCUT2D eigenvalue weighted by Gasteiger charge is 2.37. The number of aromatic amines is 1. The van der Waals surface area contributed by atoms with Gasteiger partial charge >= 0.3 is 0 Å². The van der Waals surface area contributed by atoms with Crippen LogP contribution in [0.25, 0.3) is 10.8 Å². The van der Waals surface area contributed by atoms with Crippen molar-refractivity contribution < 1.29 is 14.2 Å². The van der Waals surface area contributed by atoms with E-state index in [1.54, 1.807) is 24.7 Å². The van der Waals surface area contributed by atoms with Crippen LogP contribution in [-0.4, -0.2) is 21.9 Å². The van der Waals surface area contributed by atoms with Gasteiger partial charge in [0, 0.05) is 6.20 Å². The molecule has 0 aliphatic heterocycles. The summed E-state index contributed by atoms with van der Waals surface area (Å²) in [5.74, 6) is 0.427. The van der Waals surface area contributed by atoms with Gasteiger partial charge in [0.2, 0.25) is 6.86 Å². The highest BCUT2D eigenvalue weighted by molar-refractivity contribution is 5.84. The van der Waals surface area contributed by atoms with Crippen molar-refractivity contribution in [1.29, 1.82) is 0 Å². The van der Waals surface area contributed by atoms with Gasteiger partial charge in [-0.3, -0.25) is 0 Å². The number of nitrogens with zero attached hydrogens (tertiary/aromatic N) is 1. The molecule has 5 heteroatoms. The molecule has 2 aromatic carbocycles. The molecule has 4 nitrogen and oxygen atoms in total. The third-order valence-electron chi connectivity index (χ3n) is 4.20.